The third kappa shape index (κ3) is 9.45. The van der Waals surface area contributed by atoms with Gasteiger partial charge in [-0.2, -0.15) is 8.42 Å². The topological polar surface area (TPSA) is 183 Å². The van der Waals surface area contributed by atoms with Gasteiger partial charge >= 0.3 is 10.4 Å². The average Bonchev–Trinajstić information content (AvgIpc) is 2.61. The Morgan fingerprint density at radius 1 is 1.14 bits per heavy atom. The fourth-order valence-corrected chi connectivity index (χ4v) is 4.40. The summed E-state index contributed by atoms with van der Waals surface area (Å²) in [6.45, 7) is -0.602. The molecule has 0 spiro atoms. The van der Waals surface area contributed by atoms with Crippen molar-refractivity contribution in [2.45, 2.75) is 62.0 Å². The quantitative estimate of drug-likeness (QED) is 0.0827. The molecule has 0 radical (unpaired) electrons. The first-order chi connectivity index (χ1) is 13.0. The van der Waals surface area contributed by atoms with Crippen molar-refractivity contribution in [1.29, 1.82) is 0 Å². The Kier molecular flexibility index (Phi) is 11.4. The number of thioether (sulfide) groups is 1. The number of nitrogens with zero attached hydrogens (tertiary/aromatic N) is 1. The lowest BCUT2D eigenvalue weighted by Crippen LogP contribution is -2.57. The van der Waals surface area contributed by atoms with Crippen molar-refractivity contribution in [2.24, 2.45) is 5.16 Å². The van der Waals surface area contributed by atoms with Crippen LogP contribution in [0.2, 0.25) is 0 Å². The third-order valence-corrected chi connectivity index (χ3v) is 6.21. The Morgan fingerprint density at radius 3 is 2.36 bits per heavy atom. The van der Waals surface area contributed by atoms with Crippen LogP contribution in [0.5, 0.6) is 0 Å². The van der Waals surface area contributed by atoms with Crippen molar-refractivity contribution < 1.29 is 46.6 Å². The van der Waals surface area contributed by atoms with E-state index >= 15 is 0 Å². The van der Waals surface area contributed by atoms with Crippen LogP contribution in [-0.4, -0.2) is 91.1 Å². The fraction of sp³-hybridized carbons (Fsp3) is 0.929. The molecule has 0 bridgehead atoms. The molecule has 5 N–H and O–H groups in total. The molecule has 1 rings (SSSR count). The van der Waals surface area contributed by atoms with E-state index < -0.39 is 57.7 Å². The molecular weight excluding hydrogens is 438 g/mol. The predicted molar refractivity (Wildman–Crippen MR) is 103 cm³/mol. The maximum absolute atomic E-state index is 11.0. The maximum atomic E-state index is 11.0. The molecule has 6 atom stereocenters. The molecular formula is C14H27NO10S3. The van der Waals surface area contributed by atoms with Gasteiger partial charge in [0.05, 0.1) is 6.61 Å². The van der Waals surface area contributed by atoms with E-state index in [1.54, 1.807) is 6.26 Å². The molecule has 28 heavy (non-hydrogen) atoms. The van der Waals surface area contributed by atoms with Crippen LogP contribution in [0.1, 0.15) is 32.1 Å². The second kappa shape index (κ2) is 12.4. The minimum absolute atomic E-state index is 0.0704. The summed E-state index contributed by atoms with van der Waals surface area (Å²) in [6, 6.07) is 0. The Morgan fingerprint density at radius 2 is 1.79 bits per heavy atom. The molecule has 1 aliphatic heterocycles. The molecule has 1 saturated heterocycles. The highest BCUT2D eigenvalue weighted by Gasteiger charge is 2.44. The minimum Gasteiger partial charge on any atom is -0.394 e. The van der Waals surface area contributed by atoms with E-state index in [2.05, 4.69) is 9.44 Å². The SMILES string of the molecule is CS(=O)CCCCCC/C(=N\OS(=O)(=O)O)SC1OC(CO)C(O)C(O)C1O. The van der Waals surface area contributed by atoms with Gasteiger partial charge in [-0.15, -0.1) is 0 Å². The Labute approximate surface area is 170 Å². The van der Waals surface area contributed by atoms with Crippen molar-refractivity contribution in [2.75, 3.05) is 18.6 Å². The van der Waals surface area contributed by atoms with Crippen LogP contribution in [0.3, 0.4) is 0 Å². The summed E-state index contributed by atoms with van der Waals surface area (Å²) < 4.78 is 50.6. The van der Waals surface area contributed by atoms with Crippen molar-refractivity contribution >= 4 is 38.0 Å². The highest BCUT2D eigenvalue weighted by molar-refractivity contribution is 8.14. The molecule has 0 saturated carbocycles. The van der Waals surface area contributed by atoms with Crippen LogP contribution >= 0.6 is 11.8 Å². The molecule has 1 aliphatic rings. The maximum Gasteiger partial charge on any atom is 0.466 e. The molecule has 11 nitrogen and oxygen atoms in total. The summed E-state index contributed by atoms with van der Waals surface area (Å²) in [5.41, 5.74) is -1.15. The molecule has 0 aromatic carbocycles. The number of rotatable bonds is 11. The Bertz CT molecular complexity index is 627. The predicted octanol–water partition coefficient (Wildman–Crippen LogP) is -1.02. The lowest BCUT2D eigenvalue weighted by atomic mass is 10.0. The summed E-state index contributed by atoms with van der Waals surface area (Å²) >= 11 is 0.754. The zero-order valence-corrected chi connectivity index (χ0v) is 17.7. The van der Waals surface area contributed by atoms with Gasteiger partial charge in [0.1, 0.15) is 34.9 Å². The van der Waals surface area contributed by atoms with Gasteiger partial charge in [0.2, 0.25) is 0 Å². The molecule has 6 unspecified atom stereocenters. The molecule has 0 aromatic heterocycles. The first-order valence-electron chi connectivity index (χ1n) is 8.55. The number of hydrogen-bond donors (Lipinski definition) is 5. The zero-order chi connectivity index (χ0) is 21.3. The molecule has 1 fully saturated rings. The van der Waals surface area contributed by atoms with Gasteiger partial charge in [-0.05, 0) is 19.3 Å². The van der Waals surface area contributed by atoms with Gasteiger partial charge in [-0.1, -0.05) is 29.8 Å². The second-order valence-electron chi connectivity index (χ2n) is 6.24. The standard InChI is InChI=1S/C14H27NO10S3/c1-27(20)7-5-3-2-4-6-10(15-25-28(21,22)23)26-14-13(19)12(18)11(17)9(8-16)24-14/h9,11-14,16-19H,2-8H2,1H3,(H,21,22,23)/b15-10+. The van der Waals surface area contributed by atoms with E-state index in [1.165, 1.54) is 0 Å². The third-order valence-electron chi connectivity index (χ3n) is 3.91. The summed E-state index contributed by atoms with van der Waals surface area (Å²) in [5, 5.41) is 42.3. The van der Waals surface area contributed by atoms with E-state index in [4.69, 9.17) is 9.29 Å². The largest absolute Gasteiger partial charge is 0.466 e. The van der Waals surface area contributed by atoms with Crippen molar-refractivity contribution in [1.82, 2.24) is 0 Å². The van der Waals surface area contributed by atoms with E-state index in [0.717, 1.165) is 31.0 Å². The number of aliphatic hydroxyl groups excluding tert-OH is 4. The van der Waals surface area contributed by atoms with Gasteiger partial charge in [0, 0.05) is 22.8 Å². The lowest BCUT2D eigenvalue weighted by molar-refractivity contribution is -0.205. The van der Waals surface area contributed by atoms with Crippen LogP contribution in [0.25, 0.3) is 0 Å². The monoisotopic (exact) mass is 465 g/mol. The summed E-state index contributed by atoms with van der Waals surface area (Å²) in [4.78, 5) is 0. The smallest absolute Gasteiger partial charge is 0.394 e. The van der Waals surface area contributed by atoms with Crippen LogP contribution in [0, 0.1) is 0 Å². The van der Waals surface area contributed by atoms with E-state index in [0.29, 0.717) is 12.2 Å². The normalized spacial score (nSPS) is 30.2. The van der Waals surface area contributed by atoms with E-state index in [-0.39, 0.29) is 11.5 Å². The number of aliphatic hydroxyl groups is 4. The van der Waals surface area contributed by atoms with Crippen molar-refractivity contribution in [3.05, 3.63) is 0 Å². The first kappa shape index (κ1) is 25.7. The van der Waals surface area contributed by atoms with Gasteiger partial charge in [-0.3, -0.25) is 8.76 Å². The van der Waals surface area contributed by atoms with Crippen molar-refractivity contribution in [3.63, 3.8) is 0 Å². The minimum atomic E-state index is -4.82. The number of ether oxygens (including phenoxy) is 1. The summed E-state index contributed by atoms with van der Waals surface area (Å²) in [6.07, 6.45) is -1.02. The summed E-state index contributed by atoms with van der Waals surface area (Å²) in [7, 11) is -5.69. The highest BCUT2D eigenvalue weighted by Crippen LogP contribution is 2.30. The van der Waals surface area contributed by atoms with Gasteiger partial charge in [0.25, 0.3) is 0 Å². The van der Waals surface area contributed by atoms with Gasteiger partial charge in [-0.25, -0.2) is 4.28 Å². The van der Waals surface area contributed by atoms with E-state index in [9.17, 15) is 33.1 Å². The Balaban J connectivity index is 2.70. The van der Waals surface area contributed by atoms with Gasteiger partial charge in [0.15, 0.2) is 0 Å². The molecule has 0 amide bonds. The van der Waals surface area contributed by atoms with Crippen LogP contribution in [-0.2, 0) is 30.2 Å². The first-order valence-corrected chi connectivity index (χ1v) is 12.5. The highest BCUT2D eigenvalue weighted by atomic mass is 32.3. The molecule has 0 aliphatic carbocycles. The number of oxime groups is 1. The van der Waals surface area contributed by atoms with E-state index in [1.807, 2.05) is 0 Å². The molecule has 166 valence electrons. The molecule has 0 aromatic rings. The number of unbranched alkanes of at least 4 members (excludes halogenated alkanes) is 3. The fourth-order valence-electron chi connectivity index (χ4n) is 2.45. The second-order valence-corrected chi connectivity index (χ2v) is 9.97. The lowest BCUT2D eigenvalue weighted by Gasteiger charge is -2.39. The van der Waals surface area contributed by atoms with Crippen molar-refractivity contribution in [3.8, 4) is 0 Å². The number of hydrogen-bond acceptors (Lipinski definition) is 11. The summed E-state index contributed by atoms with van der Waals surface area (Å²) in [5.74, 6) is 0.590. The van der Waals surface area contributed by atoms with Crippen LogP contribution in [0.15, 0.2) is 5.16 Å². The average molecular weight is 466 g/mol. The van der Waals surface area contributed by atoms with Crippen LogP contribution < -0.4 is 0 Å². The Hall–Kier alpha value is -0.320. The molecule has 14 heteroatoms. The molecule has 1 heterocycles. The zero-order valence-electron chi connectivity index (χ0n) is 15.3. The van der Waals surface area contributed by atoms with Crippen LogP contribution in [0.4, 0.5) is 0 Å². The van der Waals surface area contributed by atoms with Gasteiger partial charge < -0.3 is 25.2 Å².